The third-order valence-corrected chi connectivity index (χ3v) is 3.64. The molecule has 0 spiro atoms. The monoisotopic (exact) mass is 233 g/mol. The van der Waals surface area contributed by atoms with Crippen molar-refractivity contribution in [3.63, 3.8) is 0 Å². The summed E-state index contributed by atoms with van der Waals surface area (Å²) in [5.41, 5.74) is 5.38. The van der Waals surface area contributed by atoms with E-state index in [2.05, 4.69) is 0 Å². The molecular formula is C10H13F2NOS. The average Bonchev–Trinajstić information content (AvgIpc) is 2.21. The van der Waals surface area contributed by atoms with E-state index < -0.39 is 22.4 Å². The van der Waals surface area contributed by atoms with Gasteiger partial charge in [-0.3, -0.25) is 4.21 Å². The first-order chi connectivity index (χ1) is 7.04. The SMILES string of the molecule is CC(CN)CS(=O)c1ccc(F)c(F)c1. The van der Waals surface area contributed by atoms with Gasteiger partial charge in [-0.15, -0.1) is 0 Å². The van der Waals surface area contributed by atoms with Gasteiger partial charge in [0.2, 0.25) is 0 Å². The van der Waals surface area contributed by atoms with Gasteiger partial charge < -0.3 is 5.73 Å². The Morgan fingerprint density at radius 1 is 1.40 bits per heavy atom. The highest BCUT2D eigenvalue weighted by molar-refractivity contribution is 7.85. The molecule has 0 saturated carbocycles. The normalized spacial score (nSPS) is 14.9. The van der Waals surface area contributed by atoms with Crippen LogP contribution in [0.15, 0.2) is 23.1 Å². The average molecular weight is 233 g/mol. The van der Waals surface area contributed by atoms with Crippen LogP contribution < -0.4 is 5.73 Å². The molecule has 0 bridgehead atoms. The Morgan fingerprint density at radius 2 is 2.07 bits per heavy atom. The van der Waals surface area contributed by atoms with E-state index in [1.807, 2.05) is 6.92 Å². The number of hydrogen-bond donors (Lipinski definition) is 1. The van der Waals surface area contributed by atoms with Crippen LogP contribution in [0.2, 0.25) is 0 Å². The largest absolute Gasteiger partial charge is 0.330 e. The Morgan fingerprint density at radius 3 is 2.60 bits per heavy atom. The Hall–Kier alpha value is -0.810. The van der Waals surface area contributed by atoms with Crippen molar-refractivity contribution in [1.29, 1.82) is 0 Å². The van der Waals surface area contributed by atoms with Gasteiger partial charge in [-0.05, 0) is 30.7 Å². The summed E-state index contributed by atoms with van der Waals surface area (Å²) in [7, 11) is -1.32. The molecule has 2 atom stereocenters. The Kier molecular flexibility index (Phi) is 4.35. The first-order valence-corrected chi connectivity index (χ1v) is 5.90. The van der Waals surface area contributed by atoms with Gasteiger partial charge >= 0.3 is 0 Å². The van der Waals surface area contributed by atoms with E-state index >= 15 is 0 Å². The minimum Gasteiger partial charge on any atom is -0.330 e. The topological polar surface area (TPSA) is 43.1 Å². The molecule has 2 unspecified atom stereocenters. The summed E-state index contributed by atoms with van der Waals surface area (Å²) in [5, 5.41) is 0. The van der Waals surface area contributed by atoms with Crippen LogP contribution in [0, 0.1) is 17.6 Å². The summed E-state index contributed by atoms with van der Waals surface area (Å²) in [4.78, 5) is 0.300. The van der Waals surface area contributed by atoms with Crippen LogP contribution in [-0.4, -0.2) is 16.5 Å². The van der Waals surface area contributed by atoms with Gasteiger partial charge in [0.05, 0.1) is 10.8 Å². The molecule has 2 N–H and O–H groups in total. The number of benzene rings is 1. The lowest BCUT2D eigenvalue weighted by Crippen LogP contribution is -2.17. The fraction of sp³-hybridized carbons (Fsp3) is 0.400. The van der Waals surface area contributed by atoms with Crippen LogP contribution in [0.4, 0.5) is 8.78 Å². The second-order valence-electron chi connectivity index (χ2n) is 3.43. The van der Waals surface area contributed by atoms with Gasteiger partial charge in [0.25, 0.3) is 0 Å². The van der Waals surface area contributed by atoms with E-state index in [1.54, 1.807) is 0 Å². The number of rotatable bonds is 4. The smallest absolute Gasteiger partial charge is 0.160 e. The molecule has 1 aromatic rings. The lowest BCUT2D eigenvalue weighted by atomic mass is 10.2. The highest BCUT2D eigenvalue weighted by Gasteiger charge is 2.11. The van der Waals surface area contributed by atoms with Crippen molar-refractivity contribution in [3.8, 4) is 0 Å². The van der Waals surface area contributed by atoms with Crippen molar-refractivity contribution < 1.29 is 13.0 Å². The summed E-state index contributed by atoms with van der Waals surface area (Å²) in [5.74, 6) is -1.44. The third-order valence-electron chi connectivity index (χ3n) is 1.99. The fourth-order valence-electron chi connectivity index (χ4n) is 1.04. The van der Waals surface area contributed by atoms with Crippen LogP contribution in [-0.2, 0) is 10.8 Å². The second-order valence-corrected chi connectivity index (χ2v) is 4.92. The second kappa shape index (κ2) is 5.32. The molecule has 0 amide bonds. The van der Waals surface area contributed by atoms with Gasteiger partial charge in [0.1, 0.15) is 0 Å². The molecular weight excluding hydrogens is 220 g/mol. The molecule has 2 nitrogen and oxygen atoms in total. The minimum absolute atomic E-state index is 0.0962. The Bertz CT molecular complexity index is 370. The molecule has 5 heteroatoms. The van der Waals surface area contributed by atoms with Gasteiger partial charge in [-0.25, -0.2) is 8.78 Å². The highest BCUT2D eigenvalue weighted by Crippen LogP contribution is 2.13. The van der Waals surface area contributed by atoms with Crippen molar-refractivity contribution >= 4 is 10.8 Å². The van der Waals surface area contributed by atoms with Crippen molar-refractivity contribution in [3.05, 3.63) is 29.8 Å². The van der Waals surface area contributed by atoms with Crippen LogP contribution in [0.3, 0.4) is 0 Å². The maximum absolute atomic E-state index is 12.8. The van der Waals surface area contributed by atoms with E-state index in [0.717, 1.165) is 12.1 Å². The van der Waals surface area contributed by atoms with Gasteiger partial charge in [-0.2, -0.15) is 0 Å². The number of halogens is 2. The molecule has 1 rings (SSSR count). The quantitative estimate of drug-likeness (QED) is 0.859. The lowest BCUT2D eigenvalue weighted by Gasteiger charge is -2.07. The predicted octanol–water partition coefficient (Wildman–Crippen LogP) is 1.67. The predicted molar refractivity (Wildman–Crippen MR) is 55.9 cm³/mol. The molecule has 0 aliphatic carbocycles. The maximum atomic E-state index is 12.8. The van der Waals surface area contributed by atoms with E-state index in [0.29, 0.717) is 17.2 Å². The zero-order valence-electron chi connectivity index (χ0n) is 8.37. The number of nitrogens with two attached hydrogens (primary N) is 1. The van der Waals surface area contributed by atoms with Gasteiger partial charge in [0.15, 0.2) is 11.6 Å². The van der Waals surface area contributed by atoms with Crippen molar-refractivity contribution in [1.82, 2.24) is 0 Å². The fourth-order valence-corrected chi connectivity index (χ4v) is 2.34. The zero-order valence-corrected chi connectivity index (χ0v) is 9.19. The van der Waals surface area contributed by atoms with Crippen LogP contribution >= 0.6 is 0 Å². The van der Waals surface area contributed by atoms with E-state index in [4.69, 9.17) is 5.73 Å². The van der Waals surface area contributed by atoms with Gasteiger partial charge in [-0.1, -0.05) is 6.92 Å². The lowest BCUT2D eigenvalue weighted by molar-refractivity contribution is 0.505. The molecule has 84 valence electrons. The Balaban J connectivity index is 2.78. The standard InChI is InChI=1S/C10H13F2NOS/c1-7(5-13)6-15(14)8-2-3-9(11)10(12)4-8/h2-4,7H,5-6,13H2,1H3. The van der Waals surface area contributed by atoms with E-state index in [9.17, 15) is 13.0 Å². The summed E-state index contributed by atoms with van der Waals surface area (Å²) in [6, 6.07) is 3.28. The highest BCUT2D eigenvalue weighted by atomic mass is 32.2. The summed E-state index contributed by atoms with van der Waals surface area (Å²) in [6.07, 6.45) is 0. The molecule has 0 radical (unpaired) electrons. The molecule has 0 fully saturated rings. The van der Waals surface area contributed by atoms with Crippen molar-refractivity contribution in [2.24, 2.45) is 11.7 Å². The maximum Gasteiger partial charge on any atom is 0.160 e. The van der Waals surface area contributed by atoms with Gasteiger partial charge in [0, 0.05) is 10.6 Å². The van der Waals surface area contributed by atoms with Crippen molar-refractivity contribution in [2.45, 2.75) is 11.8 Å². The molecule has 0 aliphatic heterocycles. The number of hydrogen-bond acceptors (Lipinski definition) is 2. The van der Waals surface area contributed by atoms with E-state index in [-0.39, 0.29) is 5.92 Å². The summed E-state index contributed by atoms with van der Waals surface area (Å²) >= 11 is 0. The van der Waals surface area contributed by atoms with E-state index in [1.165, 1.54) is 6.07 Å². The first kappa shape index (κ1) is 12.3. The minimum atomic E-state index is -1.32. The summed E-state index contributed by atoms with van der Waals surface area (Å²) in [6.45, 7) is 2.28. The third kappa shape index (κ3) is 3.35. The molecule has 0 saturated heterocycles. The van der Waals surface area contributed by atoms with Crippen LogP contribution in [0.25, 0.3) is 0 Å². The molecule has 0 aromatic heterocycles. The zero-order chi connectivity index (χ0) is 11.4. The first-order valence-electron chi connectivity index (χ1n) is 4.58. The Labute approximate surface area is 89.9 Å². The molecule has 0 aliphatic rings. The summed E-state index contributed by atoms with van der Waals surface area (Å²) < 4.78 is 37.1. The molecule has 1 aromatic carbocycles. The molecule has 0 heterocycles. The van der Waals surface area contributed by atoms with Crippen molar-refractivity contribution in [2.75, 3.05) is 12.3 Å². The van der Waals surface area contributed by atoms with Crippen LogP contribution in [0.1, 0.15) is 6.92 Å². The molecule has 15 heavy (non-hydrogen) atoms. The van der Waals surface area contributed by atoms with Crippen LogP contribution in [0.5, 0.6) is 0 Å².